The van der Waals surface area contributed by atoms with Gasteiger partial charge < -0.3 is 19.5 Å². The molecule has 0 saturated carbocycles. The third-order valence-corrected chi connectivity index (χ3v) is 6.87. The SMILES string of the molecule is COc1ccc(S(=O)(=O)N[C@@H](C)C(=O)Nc2nc3cc4c(cc3s2)OCCO4)cc1. The van der Waals surface area contributed by atoms with E-state index in [-0.39, 0.29) is 4.90 Å². The van der Waals surface area contributed by atoms with Gasteiger partial charge in [0.2, 0.25) is 15.9 Å². The molecule has 1 amide bonds. The van der Waals surface area contributed by atoms with E-state index in [0.717, 1.165) is 4.70 Å². The van der Waals surface area contributed by atoms with Crippen LogP contribution in [-0.2, 0) is 14.8 Å². The van der Waals surface area contributed by atoms with Gasteiger partial charge in [0.15, 0.2) is 16.6 Å². The number of amides is 1. The second-order valence-corrected chi connectivity index (χ2v) is 9.23. The number of carbonyl (C=O) groups excluding carboxylic acids is 1. The highest BCUT2D eigenvalue weighted by atomic mass is 32.2. The summed E-state index contributed by atoms with van der Waals surface area (Å²) in [5, 5.41) is 3.01. The molecule has 9 nitrogen and oxygen atoms in total. The van der Waals surface area contributed by atoms with Gasteiger partial charge in [0, 0.05) is 12.1 Å². The molecule has 1 atom stereocenters. The minimum Gasteiger partial charge on any atom is -0.497 e. The maximum atomic E-state index is 12.5. The smallest absolute Gasteiger partial charge is 0.244 e. The predicted octanol–water partition coefficient (Wildman–Crippen LogP) is 2.38. The Kier molecular flexibility index (Phi) is 5.50. The van der Waals surface area contributed by atoms with Crippen molar-refractivity contribution in [2.24, 2.45) is 0 Å². The van der Waals surface area contributed by atoms with Crippen molar-refractivity contribution in [1.82, 2.24) is 9.71 Å². The fraction of sp³-hybridized carbons (Fsp3) is 0.263. The molecule has 0 fully saturated rings. The summed E-state index contributed by atoms with van der Waals surface area (Å²) in [5.41, 5.74) is 0.658. The zero-order valence-corrected chi connectivity index (χ0v) is 17.8. The van der Waals surface area contributed by atoms with E-state index in [2.05, 4.69) is 15.0 Å². The molecule has 2 heterocycles. The molecule has 2 N–H and O–H groups in total. The van der Waals surface area contributed by atoms with Crippen LogP contribution in [0, 0.1) is 0 Å². The quantitative estimate of drug-likeness (QED) is 0.594. The molecule has 0 spiro atoms. The summed E-state index contributed by atoms with van der Waals surface area (Å²) in [5.74, 6) is 1.25. The Labute approximate surface area is 177 Å². The lowest BCUT2D eigenvalue weighted by atomic mass is 10.3. The van der Waals surface area contributed by atoms with Gasteiger partial charge in [-0.15, -0.1) is 0 Å². The Morgan fingerprint density at radius 3 is 2.50 bits per heavy atom. The van der Waals surface area contributed by atoms with E-state index in [1.165, 1.54) is 49.6 Å². The second kappa shape index (κ2) is 8.09. The lowest BCUT2D eigenvalue weighted by Crippen LogP contribution is -2.41. The van der Waals surface area contributed by atoms with Crippen LogP contribution in [0.15, 0.2) is 41.3 Å². The van der Waals surface area contributed by atoms with Crippen molar-refractivity contribution in [1.29, 1.82) is 0 Å². The van der Waals surface area contributed by atoms with E-state index < -0.39 is 22.0 Å². The topological polar surface area (TPSA) is 116 Å². The summed E-state index contributed by atoms with van der Waals surface area (Å²) in [6, 6.07) is 8.44. The molecule has 0 aliphatic carbocycles. The Hall–Kier alpha value is -2.89. The largest absolute Gasteiger partial charge is 0.497 e. The van der Waals surface area contributed by atoms with Gasteiger partial charge in [0.05, 0.1) is 28.3 Å². The van der Waals surface area contributed by atoms with Crippen LogP contribution in [-0.4, -0.2) is 45.7 Å². The van der Waals surface area contributed by atoms with Gasteiger partial charge in [-0.1, -0.05) is 11.3 Å². The van der Waals surface area contributed by atoms with Gasteiger partial charge in [-0.2, -0.15) is 4.72 Å². The minimum absolute atomic E-state index is 0.0357. The summed E-state index contributed by atoms with van der Waals surface area (Å²) in [6.07, 6.45) is 0. The predicted molar refractivity (Wildman–Crippen MR) is 112 cm³/mol. The van der Waals surface area contributed by atoms with Crippen molar-refractivity contribution in [3.63, 3.8) is 0 Å². The van der Waals surface area contributed by atoms with Gasteiger partial charge in [-0.25, -0.2) is 13.4 Å². The molecule has 1 aliphatic heterocycles. The Bertz CT molecular complexity index is 1150. The third kappa shape index (κ3) is 4.18. The number of methoxy groups -OCH3 is 1. The summed E-state index contributed by atoms with van der Waals surface area (Å²) >= 11 is 1.26. The molecular weight excluding hydrogens is 430 g/mol. The van der Waals surface area contributed by atoms with Gasteiger partial charge >= 0.3 is 0 Å². The van der Waals surface area contributed by atoms with E-state index >= 15 is 0 Å². The van der Waals surface area contributed by atoms with E-state index in [0.29, 0.717) is 41.1 Å². The number of nitrogens with one attached hydrogen (secondary N) is 2. The Morgan fingerprint density at radius 2 is 1.83 bits per heavy atom. The molecular formula is C19H19N3O6S2. The number of thiazole rings is 1. The summed E-state index contributed by atoms with van der Waals surface area (Å²) in [7, 11) is -2.38. The first-order valence-corrected chi connectivity index (χ1v) is 11.3. The van der Waals surface area contributed by atoms with Crippen molar-refractivity contribution >= 4 is 42.6 Å². The van der Waals surface area contributed by atoms with Crippen LogP contribution in [0.2, 0.25) is 0 Å². The van der Waals surface area contributed by atoms with Crippen LogP contribution >= 0.6 is 11.3 Å². The van der Waals surface area contributed by atoms with Crippen LogP contribution < -0.4 is 24.2 Å². The van der Waals surface area contributed by atoms with E-state index in [1.54, 1.807) is 6.07 Å². The summed E-state index contributed by atoms with van der Waals surface area (Å²) in [6.45, 7) is 2.41. The fourth-order valence-corrected chi connectivity index (χ4v) is 4.92. The van der Waals surface area contributed by atoms with Crippen molar-refractivity contribution < 1.29 is 27.4 Å². The second-order valence-electron chi connectivity index (χ2n) is 6.49. The first kappa shape index (κ1) is 20.4. The van der Waals surface area contributed by atoms with Crippen LogP contribution in [0.25, 0.3) is 10.2 Å². The molecule has 0 radical (unpaired) electrons. The monoisotopic (exact) mass is 449 g/mol. The summed E-state index contributed by atoms with van der Waals surface area (Å²) in [4.78, 5) is 16.9. The van der Waals surface area contributed by atoms with E-state index in [9.17, 15) is 13.2 Å². The van der Waals surface area contributed by atoms with Crippen LogP contribution in [0.4, 0.5) is 5.13 Å². The van der Waals surface area contributed by atoms with Crippen molar-refractivity contribution in [3.8, 4) is 17.2 Å². The zero-order valence-electron chi connectivity index (χ0n) is 16.2. The van der Waals surface area contributed by atoms with Crippen LogP contribution in [0.5, 0.6) is 17.2 Å². The number of hydrogen-bond acceptors (Lipinski definition) is 8. The van der Waals surface area contributed by atoms with Crippen molar-refractivity contribution in [2.75, 3.05) is 25.6 Å². The van der Waals surface area contributed by atoms with Gasteiger partial charge in [-0.3, -0.25) is 4.79 Å². The normalized spacial score (nSPS) is 14.3. The van der Waals surface area contributed by atoms with Gasteiger partial charge in [0.1, 0.15) is 19.0 Å². The highest BCUT2D eigenvalue weighted by Crippen LogP contribution is 2.37. The molecule has 1 aromatic heterocycles. The van der Waals surface area contributed by atoms with E-state index in [4.69, 9.17) is 14.2 Å². The maximum Gasteiger partial charge on any atom is 0.244 e. The maximum absolute atomic E-state index is 12.5. The first-order valence-electron chi connectivity index (χ1n) is 9.03. The van der Waals surface area contributed by atoms with Crippen LogP contribution in [0.3, 0.4) is 0 Å². The number of carbonyl (C=O) groups is 1. The number of aromatic nitrogens is 1. The molecule has 30 heavy (non-hydrogen) atoms. The number of fused-ring (bicyclic) bond motifs is 2. The number of rotatable bonds is 6. The molecule has 2 aromatic carbocycles. The highest BCUT2D eigenvalue weighted by Gasteiger charge is 2.23. The zero-order chi connectivity index (χ0) is 21.3. The van der Waals surface area contributed by atoms with Gasteiger partial charge in [0.25, 0.3) is 0 Å². The minimum atomic E-state index is -3.87. The highest BCUT2D eigenvalue weighted by molar-refractivity contribution is 7.89. The molecule has 0 bridgehead atoms. The van der Waals surface area contributed by atoms with Crippen LogP contribution in [0.1, 0.15) is 6.92 Å². The number of sulfonamides is 1. The molecule has 3 aromatic rings. The third-order valence-electron chi connectivity index (χ3n) is 4.38. The van der Waals surface area contributed by atoms with Crippen molar-refractivity contribution in [3.05, 3.63) is 36.4 Å². The molecule has 0 saturated heterocycles. The molecule has 4 rings (SSSR count). The number of nitrogens with zero attached hydrogens (tertiary/aromatic N) is 1. The van der Waals surface area contributed by atoms with Crippen molar-refractivity contribution in [2.45, 2.75) is 17.9 Å². The number of benzene rings is 2. The van der Waals surface area contributed by atoms with E-state index in [1.807, 2.05) is 6.07 Å². The lowest BCUT2D eigenvalue weighted by molar-refractivity contribution is -0.117. The number of anilines is 1. The standard InChI is InChI=1S/C19H19N3O6S2/c1-11(22-30(24,25)13-5-3-12(26-2)4-6-13)18(23)21-19-20-14-9-15-16(10-17(14)29-19)28-8-7-27-15/h3-6,9-11,22H,7-8H2,1-2H3,(H,20,21,23)/t11-/m0/s1. The Balaban J connectivity index is 1.46. The Morgan fingerprint density at radius 1 is 1.17 bits per heavy atom. The lowest BCUT2D eigenvalue weighted by Gasteiger charge is -2.17. The number of ether oxygens (including phenoxy) is 3. The molecule has 1 aliphatic rings. The molecule has 11 heteroatoms. The van der Waals surface area contributed by atoms with Gasteiger partial charge in [-0.05, 0) is 31.2 Å². The summed E-state index contributed by atoms with van der Waals surface area (Å²) < 4.78 is 44.3. The molecule has 0 unspecified atom stereocenters. The molecule has 158 valence electrons. The first-order chi connectivity index (χ1) is 14.4. The fourth-order valence-electron chi connectivity index (χ4n) is 2.84. The number of hydrogen-bond donors (Lipinski definition) is 2. The average Bonchev–Trinajstić information content (AvgIpc) is 3.12. The average molecular weight is 450 g/mol.